The second-order valence-electron chi connectivity index (χ2n) is 4.90. The molecule has 1 heterocycles. The molecule has 0 aliphatic carbocycles. The van der Waals surface area contributed by atoms with Crippen LogP contribution in [-0.2, 0) is 9.53 Å². The van der Waals surface area contributed by atoms with E-state index in [1.165, 1.54) is 0 Å². The number of hydrogen-bond donors (Lipinski definition) is 2. The molecule has 20 heavy (non-hydrogen) atoms. The molecule has 1 atom stereocenters. The maximum Gasteiger partial charge on any atom is 0.254 e. The quantitative estimate of drug-likeness (QED) is 0.880. The van der Waals surface area contributed by atoms with Crippen LogP contribution in [0.1, 0.15) is 13.8 Å². The van der Waals surface area contributed by atoms with Crippen LogP contribution in [0.3, 0.4) is 0 Å². The molecule has 1 unspecified atom stereocenters. The van der Waals surface area contributed by atoms with Gasteiger partial charge in [0.15, 0.2) is 0 Å². The maximum absolute atomic E-state index is 12.1. The van der Waals surface area contributed by atoms with Gasteiger partial charge in [-0.25, -0.2) is 0 Å². The number of nitrogens with one attached hydrogen (secondary N) is 2. The Morgan fingerprint density at radius 2 is 2.30 bits per heavy atom. The summed E-state index contributed by atoms with van der Waals surface area (Å²) in [6.07, 6.45) is -0.365. The summed E-state index contributed by atoms with van der Waals surface area (Å²) in [5.74, 6) is 0.568. The zero-order valence-electron chi connectivity index (χ0n) is 11.6. The Morgan fingerprint density at radius 1 is 1.50 bits per heavy atom. The highest BCUT2D eigenvalue weighted by Gasteiger charge is 2.21. The number of benzene rings is 1. The van der Waals surface area contributed by atoms with Gasteiger partial charge in [0.2, 0.25) is 0 Å². The molecular formula is C14H19BrN2O3. The Morgan fingerprint density at radius 3 is 2.95 bits per heavy atom. The maximum atomic E-state index is 12.1. The monoisotopic (exact) mass is 342 g/mol. The van der Waals surface area contributed by atoms with Crippen molar-refractivity contribution in [2.24, 2.45) is 0 Å². The molecule has 1 aliphatic heterocycles. The fourth-order valence-corrected chi connectivity index (χ4v) is 2.40. The van der Waals surface area contributed by atoms with Gasteiger partial charge in [0.05, 0.1) is 12.7 Å². The highest BCUT2D eigenvalue weighted by molar-refractivity contribution is 9.10. The highest BCUT2D eigenvalue weighted by atomic mass is 79.9. The SMILES string of the molecule is CC(C)Oc1cc(Br)cc(NC(=O)C2CNCCO2)c1. The molecule has 2 N–H and O–H groups in total. The van der Waals surface area contributed by atoms with Gasteiger partial charge < -0.3 is 20.1 Å². The first-order valence-electron chi connectivity index (χ1n) is 6.65. The van der Waals surface area contributed by atoms with Gasteiger partial charge >= 0.3 is 0 Å². The largest absolute Gasteiger partial charge is 0.491 e. The van der Waals surface area contributed by atoms with Crippen LogP contribution in [0.15, 0.2) is 22.7 Å². The Balaban J connectivity index is 2.04. The van der Waals surface area contributed by atoms with Crippen LogP contribution in [0.4, 0.5) is 5.69 Å². The Kier molecular flexibility index (Phi) is 5.39. The molecule has 1 aromatic carbocycles. The number of ether oxygens (including phenoxy) is 2. The van der Waals surface area contributed by atoms with Crippen molar-refractivity contribution in [2.75, 3.05) is 25.0 Å². The molecule has 110 valence electrons. The number of halogens is 1. The van der Waals surface area contributed by atoms with Crippen molar-refractivity contribution in [1.82, 2.24) is 5.32 Å². The van der Waals surface area contributed by atoms with E-state index in [1.54, 1.807) is 6.07 Å². The number of amides is 1. The van der Waals surface area contributed by atoms with Crippen molar-refractivity contribution < 1.29 is 14.3 Å². The standard InChI is InChI=1S/C14H19BrN2O3/c1-9(2)20-12-6-10(15)5-11(7-12)17-14(18)13-8-16-3-4-19-13/h5-7,9,13,16H,3-4,8H2,1-2H3,(H,17,18). The summed E-state index contributed by atoms with van der Waals surface area (Å²) in [5.41, 5.74) is 0.689. The van der Waals surface area contributed by atoms with Gasteiger partial charge in [0, 0.05) is 29.3 Å². The fourth-order valence-electron chi connectivity index (χ4n) is 1.93. The van der Waals surface area contributed by atoms with E-state index in [0.717, 1.165) is 11.0 Å². The van der Waals surface area contributed by atoms with Gasteiger partial charge in [0.1, 0.15) is 11.9 Å². The molecule has 6 heteroatoms. The second kappa shape index (κ2) is 7.06. The van der Waals surface area contributed by atoms with Crippen molar-refractivity contribution >= 4 is 27.5 Å². The van der Waals surface area contributed by atoms with Crippen LogP contribution in [0.25, 0.3) is 0 Å². The number of anilines is 1. The summed E-state index contributed by atoms with van der Waals surface area (Å²) in [7, 11) is 0. The molecule has 1 fully saturated rings. The molecule has 5 nitrogen and oxygen atoms in total. The normalized spacial score (nSPS) is 18.9. The first kappa shape index (κ1) is 15.3. The minimum absolute atomic E-state index is 0.0822. The molecule has 2 rings (SSSR count). The number of hydrogen-bond acceptors (Lipinski definition) is 4. The first-order chi connectivity index (χ1) is 9.54. The van der Waals surface area contributed by atoms with Crippen molar-refractivity contribution in [3.8, 4) is 5.75 Å². The second-order valence-corrected chi connectivity index (χ2v) is 5.81. The van der Waals surface area contributed by atoms with E-state index in [2.05, 4.69) is 26.6 Å². The lowest BCUT2D eigenvalue weighted by Crippen LogP contribution is -2.45. The Hall–Kier alpha value is -1.11. The molecule has 1 aromatic rings. The number of rotatable bonds is 4. The topological polar surface area (TPSA) is 59.6 Å². The summed E-state index contributed by atoms with van der Waals surface area (Å²) < 4.78 is 11.9. The van der Waals surface area contributed by atoms with Crippen molar-refractivity contribution in [2.45, 2.75) is 26.1 Å². The number of carbonyl (C=O) groups is 1. The summed E-state index contributed by atoms with van der Waals surface area (Å²) in [6.45, 7) is 5.79. The minimum Gasteiger partial charge on any atom is -0.491 e. The predicted molar refractivity (Wildman–Crippen MR) is 81.1 cm³/mol. The summed E-state index contributed by atoms with van der Waals surface area (Å²) in [6, 6.07) is 5.51. The van der Waals surface area contributed by atoms with Gasteiger partial charge in [-0.05, 0) is 26.0 Å². The van der Waals surface area contributed by atoms with Gasteiger partial charge in [0.25, 0.3) is 5.91 Å². The molecular weight excluding hydrogens is 324 g/mol. The van der Waals surface area contributed by atoms with Crippen LogP contribution in [0, 0.1) is 0 Å². The molecule has 0 spiro atoms. The number of morpholine rings is 1. The van der Waals surface area contributed by atoms with Crippen LogP contribution < -0.4 is 15.4 Å². The zero-order valence-corrected chi connectivity index (χ0v) is 13.2. The zero-order chi connectivity index (χ0) is 14.5. The molecule has 0 bridgehead atoms. The Labute approximate surface area is 127 Å². The summed E-state index contributed by atoms with van der Waals surface area (Å²) in [5, 5.41) is 5.98. The van der Waals surface area contributed by atoms with Crippen molar-refractivity contribution in [1.29, 1.82) is 0 Å². The van der Waals surface area contributed by atoms with E-state index in [1.807, 2.05) is 26.0 Å². The van der Waals surface area contributed by atoms with E-state index in [0.29, 0.717) is 24.6 Å². The van der Waals surface area contributed by atoms with Gasteiger partial charge in [-0.2, -0.15) is 0 Å². The average molecular weight is 343 g/mol. The van der Waals surface area contributed by atoms with Crippen molar-refractivity contribution in [3.63, 3.8) is 0 Å². The van der Waals surface area contributed by atoms with Gasteiger partial charge in [-0.3, -0.25) is 4.79 Å². The van der Waals surface area contributed by atoms with Gasteiger partial charge in [-0.15, -0.1) is 0 Å². The molecule has 0 saturated carbocycles. The first-order valence-corrected chi connectivity index (χ1v) is 7.44. The van der Waals surface area contributed by atoms with Crippen LogP contribution >= 0.6 is 15.9 Å². The Bertz CT molecular complexity index is 473. The van der Waals surface area contributed by atoms with E-state index >= 15 is 0 Å². The third kappa shape index (κ3) is 4.47. The third-order valence-electron chi connectivity index (χ3n) is 2.73. The minimum atomic E-state index is -0.447. The third-order valence-corrected chi connectivity index (χ3v) is 3.19. The smallest absolute Gasteiger partial charge is 0.254 e. The molecule has 0 aromatic heterocycles. The van der Waals surface area contributed by atoms with E-state index in [9.17, 15) is 4.79 Å². The molecule has 0 radical (unpaired) electrons. The molecule has 1 aliphatic rings. The lowest BCUT2D eigenvalue weighted by molar-refractivity contribution is -0.128. The van der Waals surface area contributed by atoms with E-state index in [4.69, 9.17) is 9.47 Å². The number of carbonyl (C=O) groups excluding carboxylic acids is 1. The summed E-state index contributed by atoms with van der Waals surface area (Å²) in [4.78, 5) is 12.1. The predicted octanol–water partition coefficient (Wildman–Crippen LogP) is 2.16. The molecule has 1 amide bonds. The van der Waals surface area contributed by atoms with E-state index < -0.39 is 6.10 Å². The lowest BCUT2D eigenvalue weighted by Gasteiger charge is -2.23. The van der Waals surface area contributed by atoms with Gasteiger partial charge in [-0.1, -0.05) is 15.9 Å². The summed E-state index contributed by atoms with van der Waals surface area (Å²) >= 11 is 3.41. The lowest BCUT2D eigenvalue weighted by atomic mass is 10.2. The highest BCUT2D eigenvalue weighted by Crippen LogP contribution is 2.25. The molecule has 1 saturated heterocycles. The van der Waals surface area contributed by atoms with E-state index in [-0.39, 0.29) is 12.0 Å². The van der Waals surface area contributed by atoms with Crippen LogP contribution in [0.5, 0.6) is 5.75 Å². The van der Waals surface area contributed by atoms with Crippen molar-refractivity contribution in [3.05, 3.63) is 22.7 Å². The van der Waals surface area contributed by atoms with Crippen LogP contribution in [0.2, 0.25) is 0 Å². The average Bonchev–Trinajstić information content (AvgIpc) is 2.38. The van der Waals surface area contributed by atoms with Crippen LogP contribution in [-0.4, -0.2) is 37.8 Å². The fraction of sp³-hybridized carbons (Fsp3) is 0.500.